The van der Waals surface area contributed by atoms with Crippen molar-refractivity contribution < 1.29 is 11.5 Å². The van der Waals surface area contributed by atoms with Crippen LogP contribution in [0.1, 0.15) is 1.43 Å². The van der Waals surface area contributed by atoms with Gasteiger partial charge in [-0.1, -0.05) is 182 Å². The Bertz CT molecular complexity index is 6340. The first-order valence-electron chi connectivity index (χ1n) is 31.4. The Morgan fingerprint density at radius 2 is 0.577 bits per heavy atom. The van der Waals surface area contributed by atoms with Crippen molar-refractivity contribution in [2.24, 2.45) is 0 Å². The first kappa shape index (κ1) is 60.7. The average molecular weight is 1530 g/mol. The van der Waals surface area contributed by atoms with E-state index < -0.39 is 7.12 Å². The monoisotopic (exact) mass is 1530 g/mol. The van der Waals surface area contributed by atoms with Crippen LogP contribution in [0.3, 0.4) is 0 Å². The highest BCUT2D eigenvalue weighted by Crippen LogP contribution is 2.42. The molecule has 13 aromatic carbocycles. The third kappa shape index (κ3) is 10.6. The molecule has 0 atom stereocenters. The first-order chi connectivity index (χ1) is 47.2. The molecule has 0 aliphatic rings. The number of hydrogen-bond donors (Lipinski definition) is 2. The summed E-state index contributed by atoms with van der Waals surface area (Å²) in [4.78, 5) is 21.9. The number of rotatable bonds is 6. The number of aromatic nitrogens is 7. The van der Waals surface area contributed by atoms with Gasteiger partial charge in [0.1, 0.15) is 20.7 Å². The van der Waals surface area contributed by atoms with E-state index in [1.54, 1.807) is 34.8 Å². The molecule has 0 amide bonds. The minimum absolute atomic E-state index is 0. The largest absolute Gasteiger partial charge is 0.488 e. The molecule has 464 valence electrons. The van der Waals surface area contributed by atoms with E-state index in [0.29, 0.717) is 5.46 Å². The van der Waals surface area contributed by atoms with Crippen molar-refractivity contribution in [3.05, 3.63) is 300 Å². The van der Waals surface area contributed by atoms with E-state index >= 15 is 0 Å². The van der Waals surface area contributed by atoms with E-state index in [-0.39, 0.29) is 25.4 Å². The van der Waals surface area contributed by atoms with Crippen LogP contribution in [0.25, 0.3) is 168 Å². The molecule has 0 bridgehead atoms. The molecule has 0 aliphatic carbocycles. The fourth-order valence-corrected chi connectivity index (χ4v) is 16.5. The van der Waals surface area contributed by atoms with E-state index in [4.69, 9.17) is 19.9 Å². The van der Waals surface area contributed by atoms with E-state index in [2.05, 4.69) is 264 Å². The number of thiophene rings is 2. The number of para-hydroxylation sites is 6. The second kappa shape index (κ2) is 24.9. The summed E-state index contributed by atoms with van der Waals surface area (Å²) in [6, 6.07) is 102. The fourth-order valence-electron chi connectivity index (χ4n) is 13.8. The van der Waals surface area contributed by atoms with Crippen LogP contribution in [0.2, 0.25) is 0 Å². The van der Waals surface area contributed by atoms with Gasteiger partial charge in [-0.25, -0.2) is 19.9 Å². The molecule has 0 saturated carbocycles. The van der Waals surface area contributed by atoms with Crippen LogP contribution in [0.4, 0.5) is 0 Å². The van der Waals surface area contributed by atoms with Gasteiger partial charge in [-0.3, -0.25) is 0 Å². The molecule has 0 radical (unpaired) electrons. The summed E-state index contributed by atoms with van der Waals surface area (Å²) < 4.78 is 11.3. The number of fused-ring (bicyclic) bond motifs is 17. The maximum absolute atomic E-state index is 9.24. The molecule has 2 N–H and O–H groups in total. The maximum Gasteiger partial charge on any atom is 0.488 e. The molecule has 0 unspecified atom stereocenters. The second-order valence-corrected chi connectivity index (χ2v) is 27.5. The van der Waals surface area contributed by atoms with Gasteiger partial charge in [0.05, 0.1) is 55.2 Å². The highest BCUT2D eigenvalue weighted by atomic mass is 127. The lowest BCUT2D eigenvalue weighted by Gasteiger charge is -2.15. The van der Waals surface area contributed by atoms with Crippen molar-refractivity contribution in [3.8, 4) is 39.3 Å². The molecule has 0 saturated heterocycles. The van der Waals surface area contributed by atoms with Crippen LogP contribution in [-0.2, 0) is 0 Å². The zero-order chi connectivity index (χ0) is 64.1. The lowest BCUT2D eigenvalue weighted by atomic mass is 9.80. The molecule has 7 heterocycles. The number of benzene rings is 13. The third-order valence-corrected chi connectivity index (χ3v) is 22.2. The van der Waals surface area contributed by atoms with Gasteiger partial charge in [-0.2, -0.15) is 0 Å². The first-order valence-corrected chi connectivity index (χ1v) is 34.7. The second-order valence-electron chi connectivity index (χ2n) is 23.8. The van der Waals surface area contributed by atoms with Crippen molar-refractivity contribution in [3.63, 3.8) is 0 Å². The molecule has 0 aliphatic heterocycles. The van der Waals surface area contributed by atoms with Crippen LogP contribution in [0, 0.1) is 0 Å². The SMILES string of the molecule is Brc1cc2nc3sc4ccccc4c3nc2cc1Br.I.OB(O)c1ccc(-n2c3ccccc3c3ccccc32)cc1.[HH].c1ccc2c(c1)sc1nc3cc(-c4ccc(-n5c6ccccc6c6ccccc65)cc4)c(-c4ccc(-n5c6ccccc6c6ccccc65)cc4)cc3nc12. The highest BCUT2D eigenvalue weighted by molar-refractivity contribution is 14.0. The minimum Gasteiger partial charge on any atom is -0.423 e. The van der Waals surface area contributed by atoms with Crippen molar-refractivity contribution in [1.82, 2.24) is 33.6 Å². The zero-order valence-electron chi connectivity index (χ0n) is 51.3. The van der Waals surface area contributed by atoms with Gasteiger partial charge in [0.15, 0.2) is 0 Å². The Kier molecular flexibility index (Phi) is 15.6. The quantitative estimate of drug-likeness (QED) is 0.127. The van der Waals surface area contributed by atoms with Gasteiger partial charge < -0.3 is 23.7 Å². The molecule has 0 spiro atoms. The molecule has 20 aromatic rings. The Hall–Kier alpha value is -9.95. The summed E-state index contributed by atoms with van der Waals surface area (Å²) in [5, 5.41) is 28.3. The standard InChI is InChI=1S/C50H30N4S.C18H14BNO2.C14H6Br2N2S.HI.H2/c1-6-16-44-35(11-1)36-12-2-7-17-45(36)53(44)33-25-21-31(22-26-33)40-29-42-43(52-50-49(51-42)39-15-5-10-20-48(39)55-50)30-41(40)32-23-27-34(28-24-32)54-46-18-8-3-13-37(46)38-14-4-9-19-47(38)54;21-19(22)13-9-11-14(12-10-13)20-17-7-3-1-5-15(17)16-6-2-4-8-18(16)20;15-8-5-10-11(6-9(8)16)18-14-13(17-10)7-3-1-2-4-12(7)19-14;;/h1-30H;1-12,21-22H;1-6H;2*1H. The summed E-state index contributed by atoms with van der Waals surface area (Å²) in [6.45, 7) is 0. The van der Waals surface area contributed by atoms with E-state index in [1.807, 2.05) is 60.7 Å². The van der Waals surface area contributed by atoms with Crippen molar-refractivity contribution >= 4 is 219 Å². The third-order valence-electron chi connectivity index (χ3n) is 18.2. The summed E-state index contributed by atoms with van der Waals surface area (Å²) >= 11 is 10.4. The van der Waals surface area contributed by atoms with Crippen LogP contribution in [0.15, 0.2) is 300 Å². The zero-order valence-corrected chi connectivity index (χ0v) is 58.4. The smallest absolute Gasteiger partial charge is 0.423 e. The van der Waals surface area contributed by atoms with Gasteiger partial charge in [0.2, 0.25) is 0 Å². The topological polar surface area (TPSA) is 107 Å². The van der Waals surface area contributed by atoms with Gasteiger partial charge in [-0.15, -0.1) is 46.7 Å². The van der Waals surface area contributed by atoms with E-state index in [0.717, 1.165) is 107 Å². The lowest BCUT2D eigenvalue weighted by molar-refractivity contribution is 0.426. The lowest BCUT2D eigenvalue weighted by Crippen LogP contribution is -2.29. The fraction of sp³-hybridized carbons (Fsp3) is 0. The number of hydrogen-bond acceptors (Lipinski definition) is 8. The minimum atomic E-state index is -1.44. The van der Waals surface area contributed by atoms with Gasteiger partial charge in [0.25, 0.3) is 0 Å². The Morgan fingerprint density at radius 1 is 0.309 bits per heavy atom. The highest BCUT2D eigenvalue weighted by Gasteiger charge is 2.20. The van der Waals surface area contributed by atoms with Gasteiger partial charge >= 0.3 is 7.12 Å². The Morgan fingerprint density at radius 3 is 0.907 bits per heavy atom. The van der Waals surface area contributed by atoms with E-state index in [9.17, 15) is 10.0 Å². The Balaban J connectivity index is 0.000000142. The predicted octanol–water partition coefficient (Wildman–Crippen LogP) is 22.4. The summed E-state index contributed by atoms with van der Waals surface area (Å²) in [7, 11) is -1.44. The number of halogens is 3. The normalized spacial score (nSPS) is 11.6. The Labute approximate surface area is 598 Å². The van der Waals surface area contributed by atoms with Crippen LogP contribution in [-0.4, -0.2) is 50.8 Å². The van der Waals surface area contributed by atoms with Gasteiger partial charge in [0, 0.05) is 79.9 Å². The molecule has 9 nitrogen and oxygen atoms in total. The molecular formula is C82H53BBr2IN7O2S2. The molecule has 15 heteroatoms. The molecule has 97 heavy (non-hydrogen) atoms. The average Bonchev–Trinajstić information content (AvgIpc) is 1.55. The van der Waals surface area contributed by atoms with Crippen LogP contribution < -0.4 is 5.46 Å². The number of nitrogens with zero attached hydrogens (tertiary/aromatic N) is 7. The summed E-state index contributed by atoms with van der Waals surface area (Å²) in [5.74, 6) is 0. The predicted molar refractivity (Wildman–Crippen MR) is 428 cm³/mol. The molecule has 0 fully saturated rings. The summed E-state index contributed by atoms with van der Waals surface area (Å²) in [6.07, 6.45) is 0. The van der Waals surface area contributed by atoms with Gasteiger partial charge in [-0.05, 0) is 169 Å². The molecular weight excluding hydrogens is 1480 g/mol. The maximum atomic E-state index is 9.24. The van der Waals surface area contributed by atoms with Crippen molar-refractivity contribution in [1.29, 1.82) is 0 Å². The van der Waals surface area contributed by atoms with Crippen LogP contribution in [0.5, 0.6) is 0 Å². The van der Waals surface area contributed by atoms with Crippen LogP contribution >= 0.6 is 78.5 Å². The van der Waals surface area contributed by atoms with E-state index in [1.165, 1.54) is 69.2 Å². The summed E-state index contributed by atoms with van der Waals surface area (Å²) in [5.41, 5.74) is 20.9. The molecule has 20 rings (SSSR count). The molecule has 7 aromatic heterocycles. The van der Waals surface area contributed by atoms with Crippen molar-refractivity contribution in [2.45, 2.75) is 0 Å². The van der Waals surface area contributed by atoms with Crippen molar-refractivity contribution in [2.75, 3.05) is 0 Å².